The summed E-state index contributed by atoms with van der Waals surface area (Å²) in [7, 11) is 0. The highest BCUT2D eigenvalue weighted by Crippen LogP contribution is 2.28. The molecule has 0 spiro atoms. The number of carbonyl (C=O) groups is 2. The summed E-state index contributed by atoms with van der Waals surface area (Å²) in [5.41, 5.74) is 3.70. The molecule has 40 heavy (non-hydrogen) atoms. The van der Waals surface area contributed by atoms with Gasteiger partial charge in [-0.2, -0.15) is 0 Å². The normalized spacial score (nSPS) is 17.1. The minimum absolute atomic E-state index is 0.325. The number of nitrogens with zero attached hydrogens (tertiary/aromatic N) is 5. The lowest BCUT2D eigenvalue weighted by Gasteiger charge is -2.32. The molecule has 2 N–H and O–H groups in total. The van der Waals surface area contributed by atoms with Crippen molar-refractivity contribution in [1.82, 2.24) is 30.6 Å². The Kier molecular flexibility index (Phi) is 7.47. The van der Waals surface area contributed by atoms with Gasteiger partial charge in [0, 0.05) is 48.5 Å². The van der Waals surface area contributed by atoms with Gasteiger partial charge in [-0.3, -0.25) is 24.9 Å². The van der Waals surface area contributed by atoms with E-state index in [1.807, 2.05) is 36.4 Å². The summed E-state index contributed by atoms with van der Waals surface area (Å²) in [4.78, 5) is 43.4. The number of amides is 2. The Morgan fingerprint density at radius 1 is 1.07 bits per heavy atom. The van der Waals surface area contributed by atoms with Crippen LogP contribution in [-0.4, -0.2) is 50.7 Å². The van der Waals surface area contributed by atoms with Crippen LogP contribution in [0.2, 0.25) is 0 Å². The first-order valence-corrected chi connectivity index (χ1v) is 13.9. The number of benzene rings is 1. The molecule has 5 heterocycles. The van der Waals surface area contributed by atoms with Crippen molar-refractivity contribution in [3.05, 3.63) is 83.0 Å². The first-order valence-electron chi connectivity index (χ1n) is 13.1. The van der Waals surface area contributed by atoms with Crippen LogP contribution in [0.25, 0.3) is 28.2 Å². The SMILES string of the molecule is O=C1NC(=O)/C(=C\c2ccnc(N3CCC(CNCc4cc(-c5ccnc6ccccc56)ncc4F)CC3)n2)S1. The van der Waals surface area contributed by atoms with Gasteiger partial charge in [0.05, 0.1) is 28.0 Å². The summed E-state index contributed by atoms with van der Waals surface area (Å²) in [6.45, 7) is 2.78. The van der Waals surface area contributed by atoms with E-state index in [0.29, 0.717) is 34.6 Å². The second-order valence-electron chi connectivity index (χ2n) is 9.73. The van der Waals surface area contributed by atoms with E-state index in [1.165, 1.54) is 6.20 Å². The molecule has 2 aliphatic rings. The molecule has 2 amide bonds. The Balaban J connectivity index is 1.04. The van der Waals surface area contributed by atoms with Crippen LogP contribution in [0.5, 0.6) is 0 Å². The molecule has 0 atom stereocenters. The first-order chi connectivity index (χ1) is 19.5. The van der Waals surface area contributed by atoms with Crippen molar-refractivity contribution < 1.29 is 14.0 Å². The Morgan fingerprint density at radius 3 is 2.73 bits per heavy atom. The molecule has 6 rings (SSSR count). The number of pyridine rings is 2. The quantitative estimate of drug-likeness (QED) is 0.317. The molecular formula is C29H26FN7O2S. The zero-order valence-corrected chi connectivity index (χ0v) is 22.3. The number of thioether (sulfide) groups is 1. The Hall–Kier alpha value is -4.22. The number of anilines is 1. The summed E-state index contributed by atoms with van der Waals surface area (Å²) >= 11 is 0.868. The monoisotopic (exact) mass is 555 g/mol. The fraction of sp³-hybridized carbons (Fsp3) is 0.241. The molecule has 0 unspecified atom stereocenters. The molecule has 1 aromatic carbocycles. The second kappa shape index (κ2) is 11.5. The molecule has 11 heteroatoms. The number of carbonyl (C=O) groups excluding carboxylic acids is 2. The van der Waals surface area contributed by atoms with Crippen LogP contribution in [0.4, 0.5) is 15.1 Å². The van der Waals surface area contributed by atoms with Crippen molar-refractivity contribution in [2.24, 2.45) is 5.92 Å². The topological polar surface area (TPSA) is 113 Å². The molecule has 3 aromatic heterocycles. The van der Waals surface area contributed by atoms with E-state index < -0.39 is 5.91 Å². The lowest BCUT2D eigenvalue weighted by molar-refractivity contribution is -0.115. The molecule has 2 aliphatic heterocycles. The molecule has 2 saturated heterocycles. The van der Waals surface area contributed by atoms with Gasteiger partial charge >= 0.3 is 0 Å². The van der Waals surface area contributed by atoms with Crippen molar-refractivity contribution in [2.45, 2.75) is 19.4 Å². The van der Waals surface area contributed by atoms with Crippen molar-refractivity contribution >= 4 is 45.8 Å². The van der Waals surface area contributed by atoms with Gasteiger partial charge in [0.2, 0.25) is 5.95 Å². The highest BCUT2D eigenvalue weighted by atomic mass is 32.2. The number of piperidine rings is 1. The number of rotatable bonds is 7. The number of halogens is 1. The fourth-order valence-corrected chi connectivity index (χ4v) is 5.65. The predicted molar refractivity (Wildman–Crippen MR) is 153 cm³/mol. The number of nitrogens with one attached hydrogen (secondary N) is 2. The third kappa shape index (κ3) is 5.70. The lowest BCUT2D eigenvalue weighted by Crippen LogP contribution is -2.38. The van der Waals surface area contributed by atoms with Crippen LogP contribution in [0.1, 0.15) is 24.1 Å². The van der Waals surface area contributed by atoms with E-state index in [4.69, 9.17) is 0 Å². The molecule has 0 aliphatic carbocycles. The second-order valence-corrected chi connectivity index (χ2v) is 10.7. The Morgan fingerprint density at radius 2 is 1.90 bits per heavy atom. The lowest BCUT2D eigenvalue weighted by atomic mass is 9.97. The standard InChI is InChI=1S/C29H26FN7O2S/c30-23-17-34-25(22-6-10-32-24-4-2-1-3-21(22)24)13-19(23)16-31-15-18-7-11-37(12-8-18)28-33-9-5-20(35-28)14-26-27(38)36-29(39)40-26/h1-6,9-10,13-14,17-18,31H,7-8,11-12,15-16H2,(H,36,38,39)/b26-14+. The highest BCUT2D eigenvalue weighted by Gasteiger charge is 2.26. The van der Waals surface area contributed by atoms with Crippen LogP contribution in [-0.2, 0) is 11.3 Å². The number of para-hydroxylation sites is 1. The van der Waals surface area contributed by atoms with Gasteiger partial charge in [0.1, 0.15) is 5.82 Å². The average molecular weight is 556 g/mol. The van der Waals surface area contributed by atoms with Crippen LogP contribution >= 0.6 is 11.8 Å². The van der Waals surface area contributed by atoms with Gasteiger partial charge in [-0.1, -0.05) is 18.2 Å². The number of hydrogen-bond acceptors (Lipinski definition) is 9. The minimum Gasteiger partial charge on any atom is -0.341 e. The van der Waals surface area contributed by atoms with Crippen LogP contribution in [0.15, 0.2) is 66.0 Å². The molecule has 0 bridgehead atoms. The predicted octanol–water partition coefficient (Wildman–Crippen LogP) is 4.56. The molecule has 0 radical (unpaired) electrons. The largest absolute Gasteiger partial charge is 0.341 e. The van der Waals surface area contributed by atoms with Gasteiger partial charge in [-0.15, -0.1) is 0 Å². The number of fused-ring (bicyclic) bond motifs is 1. The van der Waals surface area contributed by atoms with Gasteiger partial charge in [-0.25, -0.2) is 14.4 Å². The summed E-state index contributed by atoms with van der Waals surface area (Å²) < 4.78 is 14.6. The molecule has 0 saturated carbocycles. The van der Waals surface area contributed by atoms with E-state index in [1.54, 1.807) is 24.5 Å². The van der Waals surface area contributed by atoms with Crippen molar-refractivity contribution in [2.75, 3.05) is 24.5 Å². The first kappa shape index (κ1) is 26.0. The molecule has 9 nitrogen and oxygen atoms in total. The number of imide groups is 1. The molecule has 202 valence electrons. The maximum Gasteiger partial charge on any atom is 0.290 e. The highest BCUT2D eigenvalue weighted by molar-refractivity contribution is 8.18. The van der Waals surface area contributed by atoms with Crippen molar-refractivity contribution in [3.8, 4) is 11.3 Å². The van der Waals surface area contributed by atoms with Crippen LogP contribution in [0, 0.1) is 11.7 Å². The number of aromatic nitrogens is 4. The van der Waals surface area contributed by atoms with Gasteiger partial charge < -0.3 is 10.2 Å². The van der Waals surface area contributed by atoms with Crippen molar-refractivity contribution in [1.29, 1.82) is 0 Å². The molecular weight excluding hydrogens is 529 g/mol. The number of hydrogen-bond donors (Lipinski definition) is 2. The summed E-state index contributed by atoms with van der Waals surface area (Å²) in [5, 5.41) is 6.29. The van der Waals surface area contributed by atoms with E-state index in [9.17, 15) is 14.0 Å². The zero-order valence-electron chi connectivity index (χ0n) is 21.5. The third-order valence-electron chi connectivity index (χ3n) is 7.09. The van der Waals surface area contributed by atoms with E-state index in [0.717, 1.165) is 66.4 Å². The van der Waals surface area contributed by atoms with E-state index >= 15 is 0 Å². The van der Waals surface area contributed by atoms with Crippen LogP contribution < -0.4 is 15.5 Å². The minimum atomic E-state index is -0.405. The summed E-state index contributed by atoms with van der Waals surface area (Å²) in [6.07, 6.45) is 8.20. The molecule has 2 fully saturated rings. The van der Waals surface area contributed by atoms with Gasteiger partial charge in [0.25, 0.3) is 11.1 Å². The Labute approximate surface area is 234 Å². The third-order valence-corrected chi connectivity index (χ3v) is 7.90. The van der Waals surface area contributed by atoms with Crippen molar-refractivity contribution in [3.63, 3.8) is 0 Å². The Bertz CT molecular complexity index is 1620. The summed E-state index contributed by atoms with van der Waals surface area (Å²) in [5.74, 6) is 0.316. The van der Waals surface area contributed by atoms with E-state index in [2.05, 4.69) is 35.5 Å². The maximum absolute atomic E-state index is 14.6. The molecule has 4 aromatic rings. The smallest absolute Gasteiger partial charge is 0.290 e. The van der Waals surface area contributed by atoms with Gasteiger partial charge in [0.15, 0.2) is 0 Å². The van der Waals surface area contributed by atoms with Gasteiger partial charge in [-0.05, 0) is 67.4 Å². The summed E-state index contributed by atoms with van der Waals surface area (Å²) in [6, 6.07) is 13.3. The maximum atomic E-state index is 14.6. The fourth-order valence-electron chi connectivity index (χ4n) is 4.98. The average Bonchev–Trinajstić information content (AvgIpc) is 3.30. The van der Waals surface area contributed by atoms with Crippen LogP contribution in [0.3, 0.4) is 0 Å². The zero-order chi connectivity index (χ0) is 27.5. The van der Waals surface area contributed by atoms with E-state index in [-0.39, 0.29) is 11.1 Å².